The Bertz CT molecular complexity index is 884. The summed E-state index contributed by atoms with van der Waals surface area (Å²) in [7, 11) is 0. The molecule has 3 aromatic heterocycles. The number of hydrogen-bond donors (Lipinski definition) is 0. The Morgan fingerprint density at radius 3 is 2.79 bits per heavy atom. The van der Waals surface area contributed by atoms with E-state index in [1.807, 2.05) is 37.0 Å². The molecule has 1 fully saturated rings. The van der Waals surface area contributed by atoms with Gasteiger partial charge in [0.2, 0.25) is 0 Å². The summed E-state index contributed by atoms with van der Waals surface area (Å²) in [6.07, 6.45) is 7.97. The lowest BCUT2D eigenvalue weighted by atomic mass is 10.1. The molecule has 0 N–H and O–H groups in total. The van der Waals surface area contributed by atoms with E-state index >= 15 is 0 Å². The van der Waals surface area contributed by atoms with Crippen LogP contribution in [0.3, 0.4) is 0 Å². The van der Waals surface area contributed by atoms with Crippen molar-refractivity contribution in [3.05, 3.63) is 53.0 Å². The molecule has 124 valence electrons. The Balaban J connectivity index is 1.65. The maximum atomic E-state index is 4.70. The number of likely N-dealkylation sites (tertiary alicyclic amines) is 1. The molecule has 0 aliphatic carbocycles. The predicted molar refractivity (Wildman–Crippen MR) is 91.6 cm³/mol. The molecule has 0 radical (unpaired) electrons. The van der Waals surface area contributed by atoms with E-state index in [0.717, 1.165) is 47.9 Å². The fraction of sp³-hybridized carbons (Fsp3) is 0.444. The lowest BCUT2D eigenvalue weighted by molar-refractivity contribution is 0.244. The van der Waals surface area contributed by atoms with Crippen LogP contribution < -0.4 is 0 Å². The summed E-state index contributed by atoms with van der Waals surface area (Å²) in [6, 6.07) is 2.39. The van der Waals surface area contributed by atoms with Crippen molar-refractivity contribution < 1.29 is 0 Å². The van der Waals surface area contributed by atoms with Gasteiger partial charge in [0.25, 0.3) is 0 Å². The van der Waals surface area contributed by atoms with Crippen molar-refractivity contribution in [1.29, 1.82) is 0 Å². The fourth-order valence-corrected chi connectivity index (χ4v) is 3.64. The molecule has 3 aromatic rings. The predicted octanol–water partition coefficient (Wildman–Crippen LogP) is 2.78. The molecular weight excluding hydrogens is 300 g/mol. The minimum absolute atomic E-state index is 0.332. The van der Waals surface area contributed by atoms with E-state index < -0.39 is 0 Å². The molecule has 0 amide bonds. The minimum Gasteiger partial charge on any atom is -0.290 e. The second-order valence-corrected chi connectivity index (χ2v) is 6.66. The third-order valence-electron chi connectivity index (χ3n) is 4.70. The molecule has 0 spiro atoms. The van der Waals surface area contributed by atoms with Crippen LogP contribution in [0.25, 0.3) is 5.65 Å². The molecule has 0 aromatic carbocycles. The van der Waals surface area contributed by atoms with Gasteiger partial charge in [0.05, 0.1) is 23.6 Å². The molecule has 4 heterocycles. The zero-order valence-electron chi connectivity index (χ0n) is 14.4. The van der Waals surface area contributed by atoms with Crippen molar-refractivity contribution in [2.45, 2.75) is 46.2 Å². The molecule has 0 bridgehead atoms. The quantitative estimate of drug-likeness (QED) is 0.742. The summed E-state index contributed by atoms with van der Waals surface area (Å²) in [4.78, 5) is 16.2. The number of aromatic nitrogens is 5. The highest BCUT2D eigenvalue weighted by Gasteiger charge is 2.28. The third-order valence-corrected chi connectivity index (χ3v) is 4.70. The topological polar surface area (TPSA) is 59.2 Å². The molecule has 1 saturated heterocycles. The van der Waals surface area contributed by atoms with E-state index in [1.165, 1.54) is 12.0 Å². The van der Waals surface area contributed by atoms with Gasteiger partial charge in [-0.25, -0.2) is 9.50 Å². The standard InChI is InChI=1S/C18H22N6/c1-12-7-14(3)24-18(22-12)15(9-20-24)11-23-6-4-5-17(23)16-10-19-8-13(2)21-16/h7-10,17H,4-6,11H2,1-3H3/t17-/m0/s1. The second kappa shape index (κ2) is 5.94. The van der Waals surface area contributed by atoms with Gasteiger partial charge in [-0.05, 0) is 46.2 Å². The van der Waals surface area contributed by atoms with Crippen LogP contribution in [0.1, 0.15) is 47.2 Å². The van der Waals surface area contributed by atoms with Crippen molar-refractivity contribution >= 4 is 5.65 Å². The van der Waals surface area contributed by atoms with E-state index in [-0.39, 0.29) is 0 Å². The van der Waals surface area contributed by atoms with Gasteiger partial charge in [-0.15, -0.1) is 0 Å². The number of fused-ring (bicyclic) bond motifs is 1. The van der Waals surface area contributed by atoms with Crippen LogP contribution in [0.15, 0.2) is 24.7 Å². The number of nitrogens with zero attached hydrogens (tertiary/aromatic N) is 6. The van der Waals surface area contributed by atoms with E-state index in [1.54, 1.807) is 0 Å². The first-order valence-corrected chi connectivity index (χ1v) is 8.45. The first kappa shape index (κ1) is 15.2. The van der Waals surface area contributed by atoms with Gasteiger partial charge in [0.15, 0.2) is 5.65 Å². The lowest BCUT2D eigenvalue weighted by Gasteiger charge is -2.23. The molecule has 1 atom stereocenters. The summed E-state index contributed by atoms with van der Waals surface area (Å²) < 4.78 is 1.93. The molecule has 6 nitrogen and oxygen atoms in total. The summed E-state index contributed by atoms with van der Waals surface area (Å²) in [5.74, 6) is 0. The van der Waals surface area contributed by atoms with E-state index in [2.05, 4.69) is 33.0 Å². The molecule has 0 saturated carbocycles. The highest BCUT2D eigenvalue weighted by atomic mass is 15.3. The Hall–Kier alpha value is -2.34. The average molecular weight is 322 g/mol. The first-order valence-electron chi connectivity index (χ1n) is 8.45. The van der Waals surface area contributed by atoms with Gasteiger partial charge in [0.1, 0.15) is 0 Å². The Labute approximate surface area is 141 Å². The maximum Gasteiger partial charge on any atom is 0.159 e. The number of rotatable bonds is 3. The Morgan fingerprint density at radius 2 is 1.96 bits per heavy atom. The maximum absolute atomic E-state index is 4.70. The summed E-state index contributed by atoms with van der Waals surface area (Å²) >= 11 is 0. The Morgan fingerprint density at radius 1 is 1.08 bits per heavy atom. The van der Waals surface area contributed by atoms with E-state index in [9.17, 15) is 0 Å². The highest BCUT2D eigenvalue weighted by molar-refractivity contribution is 5.48. The van der Waals surface area contributed by atoms with Gasteiger partial charge in [-0.3, -0.25) is 14.9 Å². The molecule has 24 heavy (non-hydrogen) atoms. The molecule has 4 rings (SSSR count). The zero-order chi connectivity index (χ0) is 16.7. The van der Waals surface area contributed by atoms with Crippen molar-refractivity contribution in [2.24, 2.45) is 0 Å². The Kier molecular flexibility index (Phi) is 3.76. The van der Waals surface area contributed by atoms with Gasteiger partial charge < -0.3 is 0 Å². The zero-order valence-corrected chi connectivity index (χ0v) is 14.4. The normalized spacial score (nSPS) is 18.5. The SMILES string of the molecule is Cc1cncc([C@@H]2CCCN2Cc2cnn3c(C)cc(C)nc23)n1. The van der Waals surface area contributed by atoms with Gasteiger partial charge in [-0.2, -0.15) is 5.10 Å². The summed E-state index contributed by atoms with van der Waals surface area (Å²) in [5.41, 5.74) is 6.34. The minimum atomic E-state index is 0.332. The van der Waals surface area contributed by atoms with Crippen molar-refractivity contribution in [3.63, 3.8) is 0 Å². The van der Waals surface area contributed by atoms with Crippen molar-refractivity contribution in [3.8, 4) is 0 Å². The number of aryl methyl sites for hydroxylation is 3. The molecule has 1 aliphatic rings. The van der Waals surface area contributed by atoms with Crippen LogP contribution in [0.2, 0.25) is 0 Å². The van der Waals surface area contributed by atoms with Crippen LogP contribution in [0, 0.1) is 20.8 Å². The first-order chi connectivity index (χ1) is 11.6. The molecule has 0 unspecified atom stereocenters. The van der Waals surface area contributed by atoms with Gasteiger partial charge in [-0.1, -0.05) is 0 Å². The van der Waals surface area contributed by atoms with Crippen molar-refractivity contribution in [2.75, 3.05) is 6.54 Å². The van der Waals surface area contributed by atoms with Crippen molar-refractivity contribution in [1.82, 2.24) is 29.5 Å². The number of hydrogen-bond acceptors (Lipinski definition) is 5. The van der Waals surface area contributed by atoms with E-state index in [4.69, 9.17) is 4.98 Å². The van der Waals surface area contributed by atoms with Crippen LogP contribution in [0.5, 0.6) is 0 Å². The summed E-state index contributed by atoms with van der Waals surface area (Å²) in [5, 5.41) is 4.51. The molecular formula is C18H22N6. The van der Waals surface area contributed by atoms with Crippen LogP contribution in [0.4, 0.5) is 0 Å². The highest BCUT2D eigenvalue weighted by Crippen LogP contribution is 2.32. The van der Waals surface area contributed by atoms with Gasteiger partial charge >= 0.3 is 0 Å². The second-order valence-electron chi connectivity index (χ2n) is 6.66. The molecule has 6 heteroatoms. The monoisotopic (exact) mass is 322 g/mol. The fourth-order valence-electron chi connectivity index (χ4n) is 3.64. The largest absolute Gasteiger partial charge is 0.290 e. The van der Waals surface area contributed by atoms with Crippen LogP contribution in [-0.2, 0) is 6.54 Å². The summed E-state index contributed by atoms with van der Waals surface area (Å²) in [6.45, 7) is 8.02. The van der Waals surface area contributed by atoms with Gasteiger partial charge in [0, 0.05) is 35.9 Å². The third kappa shape index (κ3) is 2.67. The molecule has 1 aliphatic heterocycles. The van der Waals surface area contributed by atoms with E-state index in [0.29, 0.717) is 6.04 Å². The average Bonchev–Trinajstić information content (AvgIpc) is 3.15. The lowest BCUT2D eigenvalue weighted by Crippen LogP contribution is -2.23. The smallest absolute Gasteiger partial charge is 0.159 e. The van der Waals surface area contributed by atoms with Crippen LogP contribution >= 0.6 is 0 Å². The van der Waals surface area contributed by atoms with Crippen LogP contribution in [-0.4, -0.2) is 36.0 Å².